The monoisotopic (exact) mass is 270 g/mol. The van der Waals surface area contributed by atoms with Crippen molar-refractivity contribution in [3.8, 4) is 0 Å². The summed E-state index contributed by atoms with van der Waals surface area (Å²) in [6.45, 7) is 5.54. The molecule has 1 unspecified atom stereocenters. The zero-order valence-electron chi connectivity index (χ0n) is 12.3. The lowest BCUT2D eigenvalue weighted by molar-refractivity contribution is -0.151. The summed E-state index contributed by atoms with van der Waals surface area (Å²) >= 11 is 0. The number of amides is 1. The van der Waals surface area contributed by atoms with Gasteiger partial charge >= 0.3 is 5.97 Å². The van der Waals surface area contributed by atoms with Gasteiger partial charge in [-0.3, -0.25) is 4.79 Å². The number of likely N-dealkylation sites (tertiary alicyclic amines) is 1. The summed E-state index contributed by atoms with van der Waals surface area (Å²) in [5.74, 6) is -0.245. The Morgan fingerprint density at radius 2 is 2.05 bits per heavy atom. The smallest absolute Gasteiger partial charge is 0.328 e. The second kappa shape index (κ2) is 6.89. The van der Waals surface area contributed by atoms with Gasteiger partial charge in [0.15, 0.2) is 0 Å². The van der Waals surface area contributed by atoms with Crippen LogP contribution in [0.15, 0.2) is 0 Å². The molecule has 0 aromatic heterocycles. The average molecular weight is 270 g/mol. The number of ether oxygens (including phenoxy) is 1. The third-order valence-corrected chi connectivity index (χ3v) is 3.88. The molecule has 0 radical (unpaired) electrons. The molecule has 1 saturated heterocycles. The molecule has 0 bridgehead atoms. The molecule has 1 amide bonds. The van der Waals surface area contributed by atoms with Crippen LogP contribution in [0, 0.1) is 5.41 Å². The molecule has 5 heteroatoms. The normalized spacial score (nSPS) is 19.6. The van der Waals surface area contributed by atoms with Gasteiger partial charge < -0.3 is 15.4 Å². The van der Waals surface area contributed by atoms with E-state index in [0.29, 0.717) is 25.9 Å². The Hall–Kier alpha value is -1.10. The van der Waals surface area contributed by atoms with E-state index in [9.17, 15) is 9.59 Å². The zero-order chi connectivity index (χ0) is 14.5. The first-order chi connectivity index (χ1) is 8.91. The van der Waals surface area contributed by atoms with Crippen LogP contribution in [-0.4, -0.2) is 43.0 Å². The van der Waals surface area contributed by atoms with E-state index in [-0.39, 0.29) is 23.3 Å². The van der Waals surface area contributed by atoms with Crippen LogP contribution >= 0.6 is 0 Å². The molecule has 1 fully saturated rings. The molecule has 19 heavy (non-hydrogen) atoms. The third-order valence-electron chi connectivity index (χ3n) is 3.88. The second-order valence-corrected chi connectivity index (χ2v) is 5.97. The van der Waals surface area contributed by atoms with Crippen molar-refractivity contribution in [2.45, 2.75) is 52.0 Å². The summed E-state index contributed by atoms with van der Waals surface area (Å²) in [6.07, 6.45) is 3.76. The number of methoxy groups -OCH3 is 1. The first-order valence-corrected chi connectivity index (χ1v) is 6.98. The molecule has 0 aliphatic carbocycles. The minimum absolute atomic E-state index is 0.0537. The molecule has 110 valence electrons. The summed E-state index contributed by atoms with van der Waals surface area (Å²) in [6, 6.07) is -0.380. The summed E-state index contributed by atoms with van der Waals surface area (Å²) in [7, 11) is 1.37. The lowest BCUT2D eigenvalue weighted by Crippen LogP contribution is -2.41. The van der Waals surface area contributed by atoms with Crippen LogP contribution in [0.4, 0.5) is 0 Å². The summed E-state index contributed by atoms with van der Waals surface area (Å²) < 4.78 is 4.75. The van der Waals surface area contributed by atoms with Gasteiger partial charge in [0.25, 0.3) is 0 Å². The van der Waals surface area contributed by atoms with Gasteiger partial charge in [-0.2, -0.15) is 0 Å². The quantitative estimate of drug-likeness (QED) is 0.738. The molecule has 2 N–H and O–H groups in total. The highest BCUT2D eigenvalue weighted by Gasteiger charge is 2.35. The fourth-order valence-corrected chi connectivity index (χ4v) is 2.55. The molecule has 1 atom stereocenters. The van der Waals surface area contributed by atoms with Crippen molar-refractivity contribution in [1.29, 1.82) is 0 Å². The number of carbonyl (C=O) groups excluding carboxylic acids is 2. The largest absolute Gasteiger partial charge is 0.467 e. The average Bonchev–Trinajstić information content (AvgIpc) is 2.84. The van der Waals surface area contributed by atoms with Crippen LogP contribution in [0.1, 0.15) is 46.0 Å². The lowest BCUT2D eigenvalue weighted by atomic mass is 9.84. The number of nitrogens with two attached hydrogens (primary N) is 1. The molecule has 0 saturated carbocycles. The molecule has 1 aliphatic heterocycles. The van der Waals surface area contributed by atoms with Crippen molar-refractivity contribution < 1.29 is 14.3 Å². The van der Waals surface area contributed by atoms with E-state index in [1.807, 2.05) is 0 Å². The van der Waals surface area contributed by atoms with Crippen molar-refractivity contribution in [3.05, 3.63) is 0 Å². The van der Waals surface area contributed by atoms with Gasteiger partial charge in [0, 0.05) is 13.0 Å². The molecule has 1 heterocycles. The Bertz CT molecular complexity index is 329. The van der Waals surface area contributed by atoms with Gasteiger partial charge in [-0.1, -0.05) is 13.8 Å². The molecule has 0 aromatic rings. The predicted molar refractivity (Wildman–Crippen MR) is 73.4 cm³/mol. The van der Waals surface area contributed by atoms with E-state index in [1.54, 1.807) is 4.90 Å². The van der Waals surface area contributed by atoms with E-state index in [4.69, 9.17) is 10.5 Å². The Labute approximate surface area is 115 Å². The SMILES string of the molecule is COC(=O)C1CCCN1C(=O)CCC(C)(C)CCN. The van der Waals surface area contributed by atoms with Gasteiger partial charge in [0.1, 0.15) is 6.04 Å². The summed E-state index contributed by atoms with van der Waals surface area (Å²) in [5, 5.41) is 0. The number of esters is 1. The van der Waals surface area contributed by atoms with Gasteiger partial charge in [0.05, 0.1) is 7.11 Å². The molecule has 0 aromatic carbocycles. The Kier molecular flexibility index (Phi) is 5.79. The van der Waals surface area contributed by atoms with E-state index < -0.39 is 0 Å². The molecular weight excluding hydrogens is 244 g/mol. The predicted octanol–water partition coefficient (Wildman–Crippen LogP) is 1.31. The summed E-state index contributed by atoms with van der Waals surface area (Å²) in [4.78, 5) is 25.5. The molecular formula is C14H26N2O3. The van der Waals surface area contributed by atoms with Crippen molar-refractivity contribution in [1.82, 2.24) is 4.90 Å². The second-order valence-electron chi connectivity index (χ2n) is 5.97. The van der Waals surface area contributed by atoms with Crippen LogP contribution in [0.5, 0.6) is 0 Å². The van der Waals surface area contributed by atoms with E-state index >= 15 is 0 Å². The number of hydrogen-bond donors (Lipinski definition) is 1. The van der Waals surface area contributed by atoms with Crippen molar-refractivity contribution >= 4 is 11.9 Å². The Morgan fingerprint density at radius 1 is 1.37 bits per heavy atom. The minimum Gasteiger partial charge on any atom is -0.467 e. The topological polar surface area (TPSA) is 72.6 Å². The van der Waals surface area contributed by atoms with Crippen molar-refractivity contribution in [2.75, 3.05) is 20.2 Å². The molecule has 5 nitrogen and oxygen atoms in total. The Balaban J connectivity index is 2.51. The van der Waals surface area contributed by atoms with Crippen LogP contribution in [-0.2, 0) is 14.3 Å². The molecule has 1 rings (SSSR count). The van der Waals surface area contributed by atoms with Crippen LogP contribution in [0.2, 0.25) is 0 Å². The maximum absolute atomic E-state index is 12.2. The van der Waals surface area contributed by atoms with Crippen molar-refractivity contribution in [3.63, 3.8) is 0 Å². The number of carbonyl (C=O) groups is 2. The lowest BCUT2D eigenvalue weighted by Gasteiger charge is -2.27. The van der Waals surface area contributed by atoms with Gasteiger partial charge in [-0.05, 0) is 37.6 Å². The maximum Gasteiger partial charge on any atom is 0.328 e. The van der Waals surface area contributed by atoms with Crippen molar-refractivity contribution in [2.24, 2.45) is 11.1 Å². The highest BCUT2D eigenvalue weighted by atomic mass is 16.5. The minimum atomic E-state index is -0.380. The maximum atomic E-state index is 12.2. The zero-order valence-corrected chi connectivity index (χ0v) is 12.3. The van der Waals surface area contributed by atoms with E-state index in [2.05, 4.69) is 13.8 Å². The van der Waals surface area contributed by atoms with Crippen LogP contribution < -0.4 is 5.73 Å². The summed E-state index contributed by atoms with van der Waals surface area (Å²) in [5.41, 5.74) is 5.64. The Morgan fingerprint density at radius 3 is 2.63 bits per heavy atom. The first kappa shape index (κ1) is 16.0. The highest BCUT2D eigenvalue weighted by molar-refractivity contribution is 5.85. The fourth-order valence-electron chi connectivity index (χ4n) is 2.55. The molecule has 1 aliphatic rings. The first-order valence-electron chi connectivity index (χ1n) is 6.98. The van der Waals surface area contributed by atoms with Gasteiger partial charge in [0.2, 0.25) is 5.91 Å². The number of nitrogens with zero attached hydrogens (tertiary/aromatic N) is 1. The number of rotatable bonds is 6. The molecule has 0 spiro atoms. The highest BCUT2D eigenvalue weighted by Crippen LogP contribution is 2.27. The number of hydrogen-bond acceptors (Lipinski definition) is 4. The fraction of sp³-hybridized carbons (Fsp3) is 0.857. The van der Waals surface area contributed by atoms with Gasteiger partial charge in [-0.15, -0.1) is 0 Å². The van der Waals surface area contributed by atoms with Crippen LogP contribution in [0.3, 0.4) is 0 Å². The standard InChI is InChI=1S/C14H26N2O3/c1-14(2,8-9-15)7-6-12(17)16-10-4-5-11(16)13(18)19-3/h11H,4-10,15H2,1-3H3. The van der Waals surface area contributed by atoms with E-state index in [1.165, 1.54) is 7.11 Å². The van der Waals surface area contributed by atoms with E-state index in [0.717, 1.165) is 19.3 Å². The van der Waals surface area contributed by atoms with Crippen LogP contribution in [0.25, 0.3) is 0 Å². The third kappa shape index (κ3) is 4.49. The van der Waals surface area contributed by atoms with Gasteiger partial charge in [-0.25, -0.2) is 4.79 Å².